The van der Waals surface area contributed by atoms with E-state index in [0.717, 1.165) is 29.3 Å². The fourth-order valence-electron chi connectivity index (χ4n) is 5.64. The van der Waals surface area contributed by atoms with Crippen molar-refractivity contribution in [2.24, 2.45) is 0 Å². The molecule has 0 saturated carbocycles. The number of pyridine rings is 1. The van der Waals surface area contributed by atoms with Crippen molar-refractivity contribution in [1.82, 2.24) is 4.57 Å². The molecule has 5 aromatic rings. The quantitative estimate of drug-likeness (QED) is 0.317. The van der Waals surface area contributed by atoms with Crippen LogP contribution in [0.3, 0.4) is 0 Å². The van der Waals surface area contributed by atoms with Crippen molar-refractivity contribution in [2.75, 3.05) is 7.11 Å². The molecule has 0 amide bonds. The van der Waals surface area contributed by atoms with Gasteiger partial charge in [-0.3, -0.25) is 14.4 Å². The number of aryl methyl sites for hydroxylation is 2. The number of hydrogen-bond acceptors (Lipinski definition) is 7. The molecule has 1 aliphatic rings. The maximum atomic E-state index is 13.9. The number of para-hydroxylation sites is 1. The number of benzene rings is 3. The molecule has 39 heavy (non-hydrogen) atoms. The van der Waals surface area contributed by atoms with Gasteiger partial charge in [-0.25, -0.2) is 0 Å². The molecular formula is C31H25NO7. The normalized spacial score (nSPS) is 13.5. The minimum absolute atomic E-state index is 0.0645. The Labute approximate surface area is 222 Å². The topological polar surface area (TPSA) is 119 Å². The zero-order chi connectivity index (χ0) is 27.3. The zero-order valence-electron chi connectivity index (χ0n) is 21.1. The molecule has 3 aromatic carbocycles. The van der Waals surface area contributed by atoms with E-state index >= 15 is 0 Å². The molecular weight excluding hydrogens is 498 g/mol. The van der Waals surface area contributed by atoms with Crippen molar-refractivity contribution in [3.05, 3.63) is 104 Å². The van der Waals surface area contributed by atoms with E-state index in [0.29, 0.717) is 17.7 Å². The number of methoxy groups -OCH3 is 1. The van der Waals surface area contributed by atoms with Gasteiger partial charge in [0.15, 0.2) is 0 Å². The Morgan fingerprint density at radius 2 is 1.87 bits per heavy atom. The minimum atomic E-state index is -0.935. The van der Waals surface area contributed by atoms with Crippen LogP contribution in [0.1, 0.15) is 35.4 Å². The smallest absolute Gasteiger partial charge is 0.306 e. The first kappa shape index (κ1) is 24.5. The molecule has 0 radical (unpaired) electrons. The predicted octanol–water partition coefficient (Wildman–Crippen LogP) is 4.83. The molecule has 0 bridgehead atoms. The van der Waals surface area contributed by atoms with Gasteiger partial charge in [-0.2, -0.15) is 0 Å². The molecule has 2 N–H and O–H groups in total. The van der Waals surface area contributed by atoms with Crippen molar-refractivity contribution in [1.29, 1.82) is 0 Å². The molecule has 0 spiro atoms. The standard InChI is InChI=1S/C31H25NO7/c1-38-26(35)15-22(23-14-19-5-2-4-18-6-3-13-32(28(18)19)31(23)37)27-25(34)12-11-21-29(36)24(16-39-30(21)27)17-7-9-20(33)10-8-17/h2,4-5,7-12,14,16,22,33-34H,3,6,13,15H2,1H3/t22-/m0/s1. The van der Waals surface area contributed by atoms with Crippen LogP contribution in [0.5, 0.6) is 11.5 Å². The highest BCUT2D eigenvalue weighted by Gasteiger charge is 2.30. The Kier molecular flexibility index (Phi) is 5.95. The fraction of sp³-hybridized carbons (Fsp3) is 0.194. The number of phenolic OH excluding ortho intramolecular Hbond substituents is 2. The second-order valence-corrected chi connectivity index (χ2v) is 9.75. The summed E-state index contributed by atoms with van der Waals surface area (Å²) in [6.07, 6.45) is 2.73. The molecule has 0 aliphatic carbocycles. The summed E-state index contributed by atoms with van der Waals surface area (Å²) < 4.78 is 12.7. The van der Waals surface area contributed by atoms with E-state index in [1.807, 2.05) is 18.2 Å². The largest absolute Gasteiger partial charge is 0.508 e. The number of carbonyl (C=O) groups excluding carboxylic acids is 1. The van der Waals surface area contributed by atoms with Crippen LogP contribution in [0.4, 0.5) is 0 Å². The van der Waals surface area contributed by atoms with Gasteiger partial charge in [0.25, 0.3) is 5.56 Å². The number of hydrogen-bond donors (Lipinski definition) is 2. The van der Waals surface area contributed by atoms with Crippen LogP contribution in [0.15, 0.2) is 80.9 Å². The maximum absolute atomic E-state index is 13.9. The fourth-order valence-corrected chi connectivity index (χ4v) is 5.64. The Morgan fingerprint density at radius 1 is 1.08 bits per heavy atom. The Balaban J connectivity index is 1.61. The summed E-state index contributed by atoms with van der Waals surface area (Å²) in [6.45, 7) is 0.539. The van der Waals surface area contributed by atoms with Gasteiger partial charge in [-0.05, 0) is 59.7 Å². The minimum Gasteiger partial charge on any atom is -0.508 e. The summed E-state index contributed by atoms with van der Waals surface area (Å²) in [6, 6.07) is 16.6. The predicted molar refractivity (Wildman–Crippen MR) is 146 cm³/mol. The lowest BCUT2D eigenvalue weighted by Gasteiger charge is -2.24. The van der Waals surface area contributed by atoms with Crippen LogP contribution < -0.4 is 11.0 Å². The lowest BCUT2D eigenvalue weighted by molar-refractivity contribution is -0.140. The second-order valence-electron chi connectivity index (χ2n) is 9.75. The zero-order valence-corrected chi connectivity index (χ0v) is 21.1. The maximum Gasteiger partial charge on any atom is 0.306 e. The number of aromatic nitrogens is 1. The first-order valence-electron chi connectivity index (χ1n) is 12.7. The van der Waals surface area contributed by atoms with Gasteiger partial charge in [-0.15, -0.1) is 0 Å². The lowest BCUT2D eigenvalue weighted by Crippen LogP contribution is -2.30. The first-order chi connectivity index (χ1) is 18.9. The Bertz CT molecular complexity index is 1880. The third-order valence-electron chi connectivity index (χ3n) is 7.51. The average Bonchev–Trinajstić information content (AvgIpc) is 2.95. The number of fused-ring (bicyclic) bond motifs is 1. The highest BCUT2D eigenvalue weighted by atomic mass is 16.5. The average molecular weight is 524 g/mol. The van der Waals surface area contributed by atoms with Crippen LogP contribution in [0.25, 0.3) is 33.0 Å². The van der Waals surface area contributed by atoms with Gasteiger partial charge in [-0.1, -0.05) is 30.3 Å². The molecule has 8 nitrogen and oxygen atoms in total. The van der Waals surface area contributed by atoms with E-state index in [4.69, 9.17) is 9.15 Å². The number of ether oxygens (including phenoxy) is 1. The van der Waals surface area contributed by atoms with Gasteiger partial charge in [0.2, 0.25) is 5.43 Å². The van der Waals surface area contributed by atoms with Gasteiger partial charge in [0.1, 0.15) is 23.3 Å². The molecule has 196 valence electrons. The van der Waals surface area contributed by atoms with Crippen LogP contribution in [0.2, 0.25) is 0 Å². The molecule has 6 rings (SSSR count). The SMILES string of the molecule is COC(=O)C[C@@H](c1cc2cccc3c2n(c1=O)CCC3)c1c(O)ccc2c(=O)c(-c3ccc(O)cc3)coc12. The van der Waals surface area contributed by atoms with Crippen LogP contribution in [-0.2, 0) is 22.5 Å². The van der Waals surface area contributed by atoms with Crippen LogP contribution in [-0.4, -0.2) is 27.9 Å². The van der Waals surface area contributed by atoms with E-state index in [1.54, 1.807) is 22.8 Å². The Morgan fingerprint density at radius 3 is 2.64 bits per heavy atom. The van der Waals surface area contributed by atoms with Gasteiger partial charge < -0.3 is 23.9 Å². The lowest BCUT2D eigenvalue weighted by atomic mass is 9.86. The number of nitrogens with zero attached hydrogens (tertiary/aromatic N) is 1. The monoisotopic (exact) mass is 523 g/mol. The van der Waals surface area contributed by atoms with Crippen LogP contribution in [0, 0.1) is 0 Å². The number of rotatable bonds is 5. The molecule has 3 heterocycles. The van der Waals surface area contributed by atoms with Crippen molar-refractivity contribution in [3.63, 3.8) is 0 Å². The third kappa shape index (κ3) is 4.05. The van der Waals surface area contributed by atoms with E-state index in [2.05, 4.69) is 0 Å². The summed E-state index contributed by atoms with van der Waals surface area (Å²) in [5, 5.41) is 21.7. The number of phenols is 2. The van der Waals surface area contributed by atoms with Crippen molar-refractivity contribution in [2.45, 2.75) is 31.7 Å². The second kappa shape index (κ2) is 9.47. The van der Waals surface area contributed by atoms with Gasteiger partial charge >= 0.3 is 5.97 Å². The summed E-state index contributed by atoms with van der Waals surface area (Å²) in [5.74, 6) is -1.65. The summed E-state index contributed by atoms with van der Waals surface area (Å²) in [7, 11) is 1.26. The van der Waals surface area contributed by atoms with Gasteiger partial charge in [0.05, 0.1) is 30.0 Å². The molecule has 2 aromatic heterocycles. The molecule has 0 saturated heterocycles. The molecule has 8 heteroatoms. The number of aromatic hydroxyl groups is 2. The van der Waals surface area contributed by atoms with Gasteiger partial charge in [0, 0.05) is 23.6 Å². The highest BCUT2D eigenvalue weighted by molar-refractivity contribution is 5.88. The van der Waals surface area contributed by atoms with E-state index in [-0.39, 0.29) is 51.0 Å². The molecule has 0 fully saturated rings. The summed E-state index contributed by atoms with van der Waals surface area (Å²) in [4.78, 5) is 40.0. The van der Waals surface area contributed by atoms with Crippen molar-refractivity contribution < 1.29 is 24.2 Å². The van der Waals surface area contributed by atoms with E-state index in [1.165, 1.54) is 37.6 Å². The number of carbonyl (C=O) groups is 1. The molecule has 1 aliphatic heterocycles. The summed E-state index contributed by atoms with van der Waals surface area (Å²) in [5.41, 5.74) is 2.73. The third-order valence-corrected chi connectivity index (χ3v) is 7.51. The van der Waals surface area contributed by atoms with Crippen molar-refractivity contribution in [3.8, 4) is 22.6 Å². The Hall–Kier alpha value is -4.85. The molecule has 1 atom stereocenters. The van der Waals surface area contributed by atoms with Crippen LogP contribution >= 0.6 is 0 Å². The number of esters is 1. The van der Waals surface area contributed by atoms with E-state index < -0.39 is 11.9 Å². The molecule has 0 unspecified atom stereocenters. The summed E-state index contributed by atoms with van der Waals surface area (Å²) >= 11 is 0. The van der Waals surface area contributed by atoms with E-state index in [9.17, 15) is 24.6 Å². The van der Waals surface area contributed by atoms with Crippen molar-refractivity contribution >= 4 is 27.8 Å². The first-order valence-corrected chi connectivity index (χ1v) is 12.7. The highest BCUT2D eigenvalue weighted by Crippen LogP contribution is 2.39.